The molecule has 1 aliphatic heterocycles. The molecule has 1 aliphatic rings. The zero-order valence-electron chi connectivity index (χ0n) is 11.3. The molecule has 3 N–H and O–H groups in total. The van der Waals surface area contributed by atoms with Crippen LogP contribution in [0.2, 0.25) is 0 Å². The lowest BCUT2D eigenvalue weighted by atomic mass is 10.0. The topological polar surface area (TPSA) is 86.9 Å². The van der Waals surface area contributed by atoms with Gasteiger partial charge >= 0.3 is 12.0 Å². The van der Waals surface area contributed by atoms with E-state index in [2.05, 4.69) is 0 Å². The van der Waals surface area contributed by atoms with Crippen molar-refractivity contribution in [1.82, 2.24) is 9.80 Å². The number of nitrogens with zero attached hydrogens (tertiary/aromatic N) is 2. The number of rotatable bonds is 2. The summed E-state index contributed by atoms with van der Waals surface area (Å²) in [5, 5.41) is 8.91. The molecule has 6 heteroatoms. The first-order valence-corrected chi connectivity index (χ1v) is 6.25. The van der Waals surface area contributed by atoms with Crippen molar-refractivity contribution in [3.8, 4) is 0 Å². The largest absolute Gasteiger partial charge is 0.480 e. The maximum atomic E-state index is 12.4. The normalized spacial score (nSPS) is 20.7. The number of hydrogen-bond acceptors (Lipinski definition) is 3. The van der Waals surface area contributed by atoms with Crippen molar-refractivity contribution in [3.63, 3.8) is 0 Å². The lowest BCUT2D eigenvalue weighted by Gasteiger charge is -2.40. The fourth-order valence-corrected chi connectivity index (χ4v) is 2.08. The molecule has 0 saturated carbocycles. The van der Waals surface area contributed by atoms with Crippen LogP contribution in [0.5, 0.6) is 0 Å². The molecule has 18 heavy (non-hydrogen) atoms. The third-order valence-electron chi connectivity index (χ3n) is 3.06. The molecule has 0 bridgehead atoms. The van der Waals surface area contributed by atoms with Crippen LogP contribution < -0.4 is 5.73 Å². The molecule has 1 atom stereocenters. The summed E-state index contributed by atoms with van der Waals surface area (Å²) in [6.07, 6.45) is 1.79. The highest BCUT2D eigenvalue weighted by Gasteiger charge is 2.33. The number of likely N-dealkylation sites (tertiary alicyclic amines) is 1. The van der Waals surface area contributed by atoms with Gasteiger partial charge in [0.05, 0.1) is 0 Å². The van der Waals surface area contributed by atoms with E-state index in [1.54, 1.807) is 4.90 Å². The SMILES string of the molecule is CC(C)(C)N(CC(=O)O)C(=O)N1CCCC(N)C1. The Kier molecular flexibility index (Phi) is 4.56. The summed E-state index contributed by atoms with van der Waals surface area (Å²) >= 11 is 0. The van der Waals surface area contributed by atoms with Gasteiger partial charge in [-0.15, -0.1) is 0 Å². The van der Waals surface area contributed by atoms with Gasteiger partial charge in [0.2, 0.25) is 0 Å². The molecule has 0 radical (unpaired) electrons. The van der Waals surface area contributed by atoms with E-state index in [0.717, 1.165) is 12.8 Å². The van der Waals surface area contributed by atoms with E-state index in [-0.39, 0.29) is 18.6 Å². The van der Waals surface area contributed by atoms with E-state index in [0.29, 0.717) is 13.1 Å². The third kappa shape index (κ3) is 3.87. The number of piperidine rings is 1. The molecular weight excluding hydrogens is 234 g/mol. The summed E-state index contributed by atoms with van der Waals surface area (Å²) in [5.74, 6) is -1.00. The van der Waals surface area contributed by atoms with Crippen LogP contribution in [0.4, 0.5) is 4.79 Å². The van der Waals surface area contributed by atoms with Crippen LogP contribution in [0.15, 0.2) is 0 Å². The van der Waals surface area contributed by atoms with E-state index in [4.69, 9.17) is 10.8 Å². The van der Waals surface area contributed by atoms with Gasteiger partial charge in [-0.1, -0.05) is 0 Å². The minimum atomic E-state index is -1.00. The first-order chi connectivity index (χ1) is 8.21. The number of aliphatic carboxylic acids is 1. The molecule has 1 saturated heterocycles. The zero-order valence-corrected chi connectivity index (χ0v) is 11.3. The molecule has 0 aromatic carbocycles. The van der Waals surface area contributed by atoms with Gasteiger partial charge in [-0.25, -0.2) is 4.79 Å². The van der Waals surface area contributed by atoms with Crippen molar-refractivity contribution in [2.24, 2.45) is 5.73 Å². The Hall–Kier alpha value is -1.30. The summed E-state index contributed by atoms with van der Waals surface area (Å²) in [5.41, 5.74) is 5.33. The minimum Gasteiger partial charge on any atom is -0.480 e. The van der Waals surface area contributed by atoms with Crippen LogP contribution in [-0.2, 0) is 4.79 Å². The number of hydrogen-bond donors (Lipinski definition) is 2. The number of carbonyl (C=O) groups is 2. The molecular formula is C12H23N3O3. The smallest absolute Gasteiger partial charge is 0.323 e. The molecule has 0 aliphatic carbocycles. The molecule has 104 valence electrons. The average Bonchev–Trinajstić information content (AvgIpc) is 2.23. The van der Waals surface area contributed by atoms with Gasteiger partial charge in [0.15, 0.2) is 0 Å². The fraction of sp³-hybridized carbons (Fsp3) is 0.833. The highest BCUT2D eigenvalue weighted by Crippen LogP contribution is 2.18. The van der Waals surface area contributed by atoms with Gasteiger partial charge in [0, 0.05) is 24.7 Å². The number of amides is 2. The summed E-state index contributed by atoms with van der Waals surface area (Å²) < 4.78 is 0. The van der Waals surface area contributed by atoms with Gasteiger partial charge in [0.1, 0.15) is 6.54 Å². The Morgan fingerprint density at radius 2 is 2.06 bits per heavy atom. The second-order valence-electron chi connectivity index (χ2n) is 5.78. The zero-order chi connectivity index (χ0) is 13.9. The number of urea groups is 1. The number of nitrogens with two attached hydrogens (primary N) is 1. The summed E-state index contributed by atoms with van der Waals surface area (Å²) in [4.78, 5) is 26.3. The van der Waals surface area contributed by atoms with Gasteiger partial charge in [-0.05, 0) is 33.6 Å². The predicted molar refractivity (Wildman–Crippen MR) is 68.3 cm³/mol. The van der Waals surface area contributed by atoms with Crippen molar-refractivity contribution in [1.29, 1.82) is 0 Å². The Morgan fingerprint density at radius 3 is 2.50 bits per heavy atom. The van der Waals surface area contributed by atoms with E-state index in [1.165, 1.54) is 4.90 Å². The maximum Gasteiger partial charge on any atom is 0.323 e. The first-order valence-electron chi connectivity index (χ1n) is 6.25. The van der Waals surface area contributed by atoms with Crippen molar-refractivity contribution >= 4 is 12.0 Å². The standard InChI is InChI=1S/C12H23N3O3/c1-12(2,3)15(8-10(16)17)11(18)14-6-4-5-9(13)7-14/h9H,4-8,13H2,1-3H3,(H,16,17). The third-order valence-corrected chi connectivity index (χ3v) is 3.06. The summed E-state index contributed by atoms with van der Waals surface area (Å²) in [6, 6.07) is -0.241. The predicted octanol–water partition coefficient (Wildman–Crippen LogP) is 0.715. The second kappa shape index (κ2) is 5.56. The van der Waals surface area contributed by atoms with Gasteiger partial charge in [0.25, 0.3) is 0 Å². The quantitative estimate of drug-likeness (QED) is 0.763. The lowest BCUT2D eigenvalue weighted by molar-refractivity contribution is -0.138. The number of carboxylic acid groups (broad SMARTS) is 1. The number of carbonyl (C=O) groups excluding carboxylic acids is 1. The molecule has 1 rings (SSSR count). The maximum absolute atomic E-state index is 12.4. The van der Waals surface area contributed by atoms with Crippen LogP contribution in [0.1, 0.15) is 33.6 Å². The van der Waals surface area contributed by atoms with Crippen molar-refractivity contribution in [2.45, 2.75) is 45.2 Å². The van der Waals surface area contributed by atoms with Gasteiger partial charge < -0.3 is 20.6 Å². The molecule has 0 aromatic rings. The van der Waals surface area contributed by atoms with Gasteiger partial charge in [-0.2, -0.15) is 0 Å². The van der Waals surface area contributed by atoms with Crippen molar-refractivity contribution in [2.75, 3.05) is 19.6 Å². The molecule has 1 unspecified atom stereocenters. The molecule has 1 heterocycles. The lowest BCUT2D eigenvalue weighted by Crippen LogP contribution is -2.57. The van der Waals surface area contributed by atoms with Crippen LogP contribution in [0, 0.1) is 0 Å². The van der Waals surface area contributed by atoms with Crippen LogP contribution >= 0.6 is 0 Å². The molecule has 6 nitrogen and oxygen atoms in total. The Labute approximate surface area is 108 Å². The van der Waals surface area contributed by atoms with E-state index < -0.39 is 11.5 Å². The Bertz CT molecular complexity index is 325. The summed E-state index contributed by atoms with van der Waals surface area (Å²) in [6.45, 7) is 6.37. The van der Waals surface area contributed by atoms with E-state index in [1.807, 2.05) is 20.8 Å². The van der Waals surface area contributed by atoms with E-state index in [9.17, 15) is 9.59 Å². The highest BCUT2D eigenvalue weighted by atomic mass is 16.4. The van der Waals surface area contributed by atoms with Crippen LogP contribution in [0.25, 0.3) is 0 Å². The molecule has 1 fully saturated rings. The summed E-state index contributed by atoms with van der Waals surface area (Å²) in [7, 11) is 0. The van der Waals surface area contributed by atoms with Crippen LogP contribution in [0.3, 0.4) is 0 Å². The molecule has 0 aromatic heterocycles. The molecule has 2 amide bonds. The fourth-order valence-electron chi connectivity index (χ4n) is 2.08. The van der Waals surface area contributed by atoms with Crippen molar-refractivity contribution in [3.05, 3.63) is 0 Å². The Balaban J connectivity index is 2.78. The average molecular weight is 257 g/mol. The molecule has 0 spiro atoms. The van der Waals surface area contributed by atoms with Gasteiger partial charge in [-0.3, -0.25) is 4.79 Å². The minimum absolute atomic E-state index is 0.00523. The number of carboxylic acids is 1. The van der Waals surface area contributed by atoms with Crippen LogP contribution in [-0.4, -0.2) is 58.1 Å². The monoisotopic (exact) mass is 257 g/mol. The second-order valence-corrected chi connectivity index (χ2v) is 5.78. The first kappa shape index (κ1) is 14.8. The highest BCUT2D eigenvalue weighted by molar-refractivity contribution is 5.81. The van der Waals surface area contributed by atoms with E-state index >= 15 is 0 Å². The Morgan fingerprint density at radius 1 is 1.44 bits per heavy atom. The van der Waals surface area contributed by atoms with Crippen molar-refractivity contribution < 1.29 is 14.7 Å².